The van der Waals surface area contributed by atoms with Crippen molar-refractivity contribution in [3.63, 3.8) is 0 Å². The van der Waals surface area contributed by atoms with Crippen LogP contribution in [0.3, 0.4) is 0 Å². The van der Waals surface area contributed by atoms with Gasteiger partial charge in [-0.2, -0.15) is 4.98 Å². The molecule has 20 heavy (non-hydrogen) atoms. The van der Waals surface area contributed by atoms with Gasteiger partial charge in [0.05, 0.1) is 13.2 Å². The van der Waals surface area contributed by atoms with Gasteiger partial charge >= 0.3 is 0 Å². The van der Waals surface area contributed by atoms with Gasteiger partial charge in [-0.25, -0.2) is 4.98 Å². The summed E-state index contributed by atoms with van der Waals surface area (Å²) in [5.41, 5.74) is 1.05. The van der Waals surface area contributed by atoms with Crippen LogP contribution in [0.25, 0.3) is 0 Å². The molecule has 2 fully saturated rings. The predicted octanol–water partition coefficient (Wildman–Crippen LogP) is 1.86. The van der Waals surface area contributed by atoms with E-state index in [-0.39, 0.29) is 0 Å². The Balaban J connectivity index is 1.79. The number of hydrogen-bond donors (Lipinski definition) is 0. The topological polar surface area (TPSA) is 41.5 Å². The Morgan fingerprint density at radius 3 is 2.45 bits per heavy atom. The van der Waals surface area contributed by atoms with Crippen LogP contribution in [-0.4, -0.2) is 49.4 Å². The molecule has 0 spiro atoms. The summed E-state index contributed by atoms with van der Waals surface area (Å²) in [6, 6.07) is 2.11. The molecule has 3 heterocycles. The summed E-state index contributed by atoms with van der Waals surface area (Å²) in [7, 11) is 0. The lowest BCUT2D eigenvalue weighted by Crippen LogP contribution is -2.38. The molecule has 1 aromatic rings. The van der Waals surface area contributed by atoms with Crippen molar-refractivity contribution in [2.75, 3.05) is 49.2 Å². The molecule has 0 saturated carbocycles. The van der Waals surface area contributed by atoms with Crippen LogP contribution >= 0.6 is 0 Å². The monoisotopic (exact) mass is 276 g/mol. The van der Waals surface area contributed by atoms with Crippen LogP contribution in [0.15, 0.2) is 6.07 Å². The quantitative estimate of drug-likeness (QED) is 0.824. The average Bonchev–Trinajstić information content (AvgIpc) is 2.48. The van der Waals surface area contributed by atoms with Crippen LogP contribution in [0, 0.1) is 12.8 Å². The van der Waals surface area contributed by atoms with Crippen molar-refractivity contribution in [1.82, 2.24) is 9.97 Å². The number of rotatable bonds is 2. The summed E-state index contributed by atoms with van der Waals surface area (Å²) in [5.74, 6) is 2.79. The molecule has 1 aromatic heterocycles. The average molecular weight is 276 g/mol. The first-order chi connectivity index (χ1) is 9.72. The van der Waals surface area contributed by atoms with Crippen molar-refractivity contribution >= 4 is 11.8 Å². The van der Waals surface area contributed by atoms with Gasteiger partial charge in [0.1, 0.15) is 5.82 Å². The van der Waals surface area contributed by atoms with E-state index in [4.69, 9.17) is 9.72 Å². The number of anilines is 2. The zero-order valence-electron chi connectivity index (χ0n) is 12.5. The number of hydrogen-bond acceptors (Lipinski definition) is 5. The van der Waals surface area contributed by atoms with Crippen molar-refractivity contribution in [2.24, 2.45) is 5.92 Å². The summed E-state index contributed by atoms with van der Waals surface area (Å²) in [6.07, 6.45) is 2.52. The Morgan fingerprint density at radius 2 is 1.75 bits per heavy atom. The molecule has 5 heteroatoms. The first kappa shape index (κ1) is 13.6. The molecule has 0 atom stereocenters. The van der Waals surface area contributed by atoms with Crippen molar-refractivity contribution < 1.29 is 4.74 Å². The maximum Gasteiger partial charge on any atom is 0.227 e. The Morgan fingerprint density at radius 1 is 1.05 bits per heavy atom. The molecule has 5 nitrogen and oxygen atoms in total. The highest BCUT2D eigenvalue weighted by molar-refractivity contribution is 5.46. The fraction of sp³-hybridized carbons (Fsp3) is 0.733. The Bertz CT molecular complexity index is 451. The first-order valence-electron chi connectivity index (χ1n) is 7.66. The highest BCUT2D eigenvalue weighted by Crippen LogP contribution is 2.23. The molecule has 0 aliphatic carbocycles. The zero-order chi connectivity index (χ0) is 13.9. The second kappa shape index (κ2) is 5.95. The number of aryl methyl sites for hydroxylation is 1. The SMILES string of the molecule is Cc1cc(N2CCC(C)CC2)nc(N2CCOCC2)n1. The van der Waals surface area contributed by atoms with E-state index in [0.29, 0.717) is 0 Å². The van der Waals surface area contributed by atoms with Crippen LogP contribution in [0.4, 0.5) is 11.8 Å². The van der Waals surface area contributed by atoms with E-state index in [1.54, 1.807) is 0 Å². The van der Waals surface area contributed by atoms with E-state index in [0.717, 1.165) is 62.8 Å². The van der Waals surface area contributed by atoms with Gasteiger partial charge in [-0.1, -0.05) is 6.92 Å². The first-order valence-corrected chi connectivity index (χ1v) is 7.66. The lowest BCUT2D eigenvalue weighted by atomic mass is 9.99. The molecule has 3 rings (SSSR count). The third kappa shape index (κ3) is 3.03. The highest BCUT2D eigenvalue weighted by Gasteiger charge is 2.20. The fourth-order valence-corrected chi connectivity index (χ4v) is 2.84. The number of aromatic nitrogens is 2. The van der Waals surface area contributed by atoms with Crippen LogP contribution in [0.5, 0.6) is 0 Å². The van der Waals surface area contributed by atoms with Gasteiger partial charge < -0.3 is 14.5 Å². The molecule has 2 saturated heterocycles. The van der Waals surface area contributed by atoms with Gasteiger partial charge in [-0.3, -0.25) is 0 Å². The molecular weight excluding hydrogens is 252 g/mol. The Kier molecular flexibility index (Phi) is 4.05. The van der Waals surface area contributed by atoms with Gasteiger partial charge in [-0.05, 0) is 25.7 Å². The van der Waals surface area contributed by atoms with Gasteiger partial charge in [0.15, 0.2) is 0 Å². The minimum Gasteiger partial charge on any atom is -0.378 e. The van der Waals surface area contributed by atoms with Crippen molar-refractivity contribution in [3.05, 3.63) is 11.8 Å². The van der Waals surface area contributed by atoms with Crippen molar-refractivity contribution in [3.8, 4) is 0 Å². The maximum absolute atomic E-state index is 5.40. The van der Waals surface area contributed by atoms with Crippen LogP contribution < -0.4 is 9.80 Å². The highest BCUT2D eigenvalue weighted by atomic mass is 16.5. The van der Waals surface area contributed by atoms with E-state index in [1.165, 1.54) is 12.8 Å². The molecule has 0 N–H and O–H groups in total. The Labute approximate surface area is 121 Å². The van der Waals surface area contributed by atoms with Gasteiger partial charge in [0, 0.05) is 37.9 Å². The molecule has 0 aromatic carbocycles. The third-order valence-corrected chi connectivity index (χ3v) is 4.23. The lowest BCUT2D eigenvalue weighted by Gasteiger charge is -2.32. The van der Waals surface area contributed by atoms with Gasteiger partial charge in [0.2, 0.25) is 5.95 Å². The number of nitrogens with zero attached hydrogens (tertiary/aromatic N) is 4. The predicted molar refractivity (Wildman–Crippen MR) is 80.4 cm³/mol. The van der Waals surface area contributed by atoms with Crippen molar-refractivity contribution in [1.29, 1.82) is 0 Å². The Hall–Kier alpha value is -1.36. The third-order valence-electron chi connectivity index (χ3n) is 4.23. The second-order valence-corrected chi connectivity index (χ2v) is 5.94. The lowest BCUT2D eigenvalue weighted by molar-refractivity contribution is 0.122. The normalized spacial score (nSPS) is 21.3. The molecule has 0 amide bonds. The molecule has 2 aliphatic rings. The number of morpholine rings is 1. The smallest absolute Gasteiger partial charge is 0.227 e. The summed E-state index contributed by atoms with van der Waals surface area (Å²) in [6.45, 7) is 9.94. The van der Waals surface area contributed by atoms with Crippen LogP contribution in [-0.2, 0) is 4.74 Å². The van der Waals surface area contributed by atoms with E-state index < -0.39 is 0 Å². The molecule has 0 radical (unpaired) electrons. The maximum atomic E-state index is 5.40. The van der Waals surface area contributed by atoms with Crippen molar-refractivity contribution in [2.45, 2.75) is 26.7 Å². The minimum absolute atomic E-state index is 0.772. The molecule has 110 valence electrons. The zero-order valence-corrected chi connectivity index (χ0v) is 12.5. The number of ether oxygens (including phenoxy) is 1. The summed E-state index contributed by atoms with van der Waals surface area (Å²) < 4.78 is 5.40. The standard InChI is InChI=1S/C15H24N4O/c1-12-3-5-18(6-4-12)14-11-13(2)16-15(17-14)19-7-9-20-10-8-19/h11-12H,3-10H2,1-2H3. The molecule has 2 aliphatic heterocycles. The van der Waals surface area contributed by atoms with Crippen LogP contribution in [0.1, 0.15) is 25.5 Å². The van der Waals surface area contributed by atoms with E-state index >= 15 is 0 Å². The van der Waals surface area contributed by atoms with E-state index in [2.05, 4.69) is 34.7 Å². The number of piperidine rings is 1. The second-order valence-electron chi connectivity index (χ2n) is 5.94. The fourth-order valence-electron chi connectivity index (χ4n) is 2.84. The summed E-state index contributed by atoms with van der Waals surface area (Å²) in [4.78, 5) is 14.0. The summed E-state index contributed by atoms with van der Waals surface area (Å²) >= 11 is 0. The van der Waals surface area contributed by atoms with Gasteiger partial charge in [-0.15, -0.1) is 0 Å². The summed E-state index contributed by atoms with van der Waals surface area (Å²) in [5, 5.41) is 0. The van der Waals surface area contributed by atoms with Crippen LogP contribution in [0.2, 0.25) is 0 Å². The van der Waals surface area contributed by atoms with E-state index in [1.807, 2.05) is 0 Å². The minimum atomic E-state index is 0.772. The molecule has 0 unspecified atom stereocenters. The largest absolute Gasteiger partial charge is 0.378 e. The van der Waals surface area contributed by atoms with E-state index in [9.17, 15) is 0 Å². The molecular formula is C15H24N4O. The molecule has 0 bridgehead atoms. The van der Waals surface area contributed by atoms with Gasteiger partial charge in [0.25, 0.3) is 0 Å².